The van der Waals surface area contributed by atoms with Crippen LogP contribution in [0.2, 0.25) is 0 Å². The van der Waals surface area contributed by atoms with E-state index in [1.54, 1.807) is 18.5 Å². The molecule has 2 aromatic heterocycles. The molecule has 2 heterocycles. The van der Waals surface area contributed by atoms with Crippen LogP contribution in [0.15, 0.2) is 79.4 Å². The SMILES string of the molecule is O=C(C=Cc1cncnc1)c1c(OCCO)nc2ccccc2c1-c1ccccc1. The first kappa shape index (κ1) is 19.4. The molecule has 6 heteroatoms. The van der Waals surface area contributed by atoms with Gasteiger partial charge in [0.25, 0.3) is 0 Å². The molecule has 0 bridgehead atoms. The minimum Gasteiger partial charge on any atom is -0.475 e. The number of carbonyl (C=O) groups is 1. The number of hydrogen-bond donors (Lipinski definition) is 1. The highest BCUT2D eigenvalue weighted by atomic mass is 16.5. The van der Waals surface area contributed by atoms with Crippen LogP contribution in [0.4, 0.5) is 0 Å². The summed E-state index contributed by atoms with van der Waals surface area (Å²) in [5.41, 5.74) is 3.39. The first-order chi connectivity index (χ1) is 14.8. The summed E-state index contributed by atoms with van der Waals surface area (Å²) in [6, 6.07) is 17.3. The van der Waals surface area contributed by atoms with E-state index in [1.807, 2.05) is 54.6 Å². The number of hydrogen-bond acceptors (Lipinski definition) is 6. The molecule has 0 aliphatic heterocycles. The van der Waals surface area contributed by atoms with Crippen LogP contribution in [0.5, 0.6) is 5.88 Å². The molecule has 0 amide bonds. The summed E-state index contributed by atoms with van der Waals surface area (Å²) in [4.78, 5) is 25.8. The zero-order valence-electron chi connectivity index (χ0n) is 16.1. The quantitative estimate of drug-likeness (QED) is 0.375. The lowest BCUT2D eigenvalue weighted by molar-refractivity contribution is 0.104. The third kappa shape index (κ3) is 4.09. The first-order valence-electron chi connectivity index (χ1n) is 9.47. The van der Waals surface area contributed by atoms with E-state index in [4.69, 9.17) is 4.74 Å². The molecular weight excluding hydrogens is 378 g/mol. The van der Waals surface area contributed by atoms with Gasteiger partial charge in [-0.1, -0.05) is 48.5 Å². The highest BCUT2D eigenvalue weighted by Gasteiger charge is 2.22. The molecule has 0 aliphatic rings. The van der Waals surface area contributed by atoms with Gasteiger partial charge in [0.05, 0.1) is 17.7 Å². The summed E-state index contributed by atoms with van der Waals surface area (Å²) < 4.78 is 5.69. The number of nitrogens with zero attached hydrogens (tertiary/aromatic N) is 3. The van der Waals surface area contributed by atoms with Crippen LogP contribution >= 0.6 is 0 Å². The summed E-state index contributed by atoms with van der Waals surface area (Å²) in [5.74, 6) is -0.0653. The number of para-hydroxylation sites is 1. The van der Waals surface area contributed by atoms with Gasteiger partial charge >= 0.3 is 0 Å². The number of pyridine rings is 1. The van der Waals surface area contributed by atoms with Gasteiger partial charge in [0.1, 0.15) is 12.9 Å². The topological polar surface area (TPSA) is 85.2 Å². The number of aromatic nitrogens is 3. The van der Waals surface area contributed by atoms with Crippen molar-refractivity contribution >= 4 is 22.8 Å². The number of rotatable bonds is 7. The van der Waals surface area contributed by atoms with Crippen LogP contribution in [0.25, 0.3) is 28.1 Å². The van der Waals surface area contributed by atoms with Gasteiger partial charge in [-0.3, -0.25) is 4.79 Å². The fourth-order valence-corrected chi connectivity index (χ4v) is 3.22. The number of aliphatic hydroxyl groups excluding tert-OH is 1. The average Bonchev–Trinajstić information content (AvgIpc) is 2.81. The van der Waals surface area contributed by atoms with Crippen molar-refractivity contribution in [1.29, 1.82) is 0 Å². The fraction of sp³-hybridized carbons (Fsp3) is 0.0833. The minimum absolute atomic E-state index is 0.0378. The van der Waals surface area contributed by atoms with Crippen molar-refractivity contribution in [2.45, 2.75) is 0 Å². The third-order valence-corrected chi connectivity index (χ3v) is 4.51. The number of ether oxygens (including phenoxy) is 1. The van der Waals surface area contributed by atoms with Gasteiger partial charge in [-0.05, 0) is 23.8 Å². The molecule has 4 aromatic rings. The third-order valence-electron chi connectivity index (χ3n) is 4.51. The molecule has 0 atom stereocenters. The Kier molecular flexibility index (Phi) is 5.87. The lowest BCUT2D eigenvalue weighted by Crippen LogP contribution is -2.10. The summed E-state index contributed by atoms with van der Waals surface area (Å²) in [7, 11) is 0. The molecule has 0 radical (unpaired) electrons. The number of benzene rings is 2. The summed E-state index contributed by atoms with van der Waals surface area (Å²) in [6.45, 7) is -0.143. The lowest BCUT2D eigenvalue weighted by atomic mass is 9.93. The van der Waals surface area contributed by atoms with Gasteiger partial charge in [0.15, 0.2) is 5.78 Å². The van der Waals surface area contributed by atoms with Gasteiger partial charge in [0.2, 0.25) is 5.88 Å². The predicted octanol–water partition coefficient (Wildman–Crippen LogP) is 3.96. The smallest absolute Gasteiger partial charge is 0.226 e. The second-order valence-electron chi connectivity index (χ2n) is 6.49. The number of carbonyl (C=O) groups excluding carboxylic acids is 1. The van der Waals surface area contributed by atoms with Crippen molar-refractivity contribution in [3.05, 3.63) is 90.5 Å². The van der Waals surface area contributed by atoms with Gasteiger partial charge < -0.3 is 9.84 Å². The normalized spacial score (nSPS) is 11.1. The number of allylic oxidation sites excluding steroid dienone is 1. The van der Waals surface area contributed by atoms with Crippen LogP contribution in [-0.4, -0.2) is 39.1 Å². The maximum absolute atomic E-state index is 13.3. The average molecular weight is 397 g/mol. The Morgan fingerprint density at radius 3 is 2.50 bits per heavy atom. The van der Waals surface area contributed by atoms with E-state index in [0.717, 1.165) is 16.5 Å². The highest BCUT2D eigenvalue weighted by molar-refractivity contribution is 6.16. The number of fused-ring (bicyclic) bond motifs is 1. The van der Waals surface area contributed by atoms with Gasteiger partial charge in [0, 0.05) is 28.9 Å². The molecule has 30 heavy (non-hydrogen) atoms. The zero-order valence-corrected chi connectivity index (χ0v) is 16.1. The van der Waals surface area contributed by atoms with Crippen LogP contribution < -0.4 is 4.74 Å². The molecule has 148 valence electrons. The Morgan fingerprint density at radius 2 is 1.73 bits per heavy atom. The van der Waals surface area contributed by atoms with E-state index in [2.05, 4.69) is 15.0 Å². The van der Waals surface area contributed by atoms with Crippen molar-refractivity contribution in [2.75, 3.05) is 13.2 Å². The molecule has 0 saturated carbocycles. The van der Waals surface area contributed by atoms with Crippen molar-refractivity contribution in [2.24, 2.45) is 0 Å². The molecule has 0 fully saturated rings. The van der Waals surface area contributed by atoms with Gasteiger partial charge in [-0.25, -0.2) is 15.0 Å². The predicted molar refractivity (Wildman–Crippen MR) is 115 cm³/mol. The standard InChI is InChI=1S/C24H19N3O3/c28-12-13-30-24-23(21(29)11-10-17-14-25-16-26-15-17)22(18-6-2-1-3-7-18)19-8-4-5-9-20(19)27-24/h1-11,14-16,28H,12-13H2. The maximum Gasteiger partial charge on any atom is 0.226 e. The van der Waals surface area contributed by atoms with Gasteiger partial charge in [-0.15, -0.1) is 0 Å². The Hall–Kier alpha value is -3.90. The molecule has 0 unspecified atom stereocenters. The summed E-state index contributed by atoms with van der Waals surface area (Å²) in [5, 5.41) is 10.1. The van der Waals surface area contributed by atoms with E-state index < -0.39 is 0 Å². The van der Waals surface area contributed by atoms with Crippen molar-refractivity contribution < 1.29 is 14.6 Å². The van der Waals surface area contributed by atoms with Crippen LogP contribution in [0, 0.1) is 0 Å². The van der Waals surface area contributed by atoms with E-state index >= 15 is 0 Å². The summed E-state index contributed by atoms with van der Waals surface area (Å²) >= 11 is 0. The molecule has 1 N–H and O–H groups in total. The second-order valence-corrected chi connectivity index (χ2v) is 6.49. The first-order valence-corrected chi connectivity index (χ1v) is 9.47. The van der Waals surface area contributed by atoms with E-state index in [9.17, 15) is 9.90 Å². The molecule has 0 spiro atoms. The molecule has 4 rings (SSSR count). The van der Waals surface area contributed by atoms with E-state index in [-0.39, 0.29) is 24.9 Å². The van der Waals surface area contributed by atoms with E-state index in [0.29, 0.717) is 16.6 Å². The Labute approximate surface area is 173 Å². The Bertz CT molecular complexity index is 1190. The second kappa shape index (κ2) is 9.07. The number of ketones is 1. The molecule has 0 saturated heterocycles. The largest absolute Gasteiger partial charge is 0.475 e. The Morgan fingerprint density at radius 1 is 1.00 bits per heavy atom. The summed E-state index contributed by atoms with van der Waals surface area (Å²) in [6.07, 6.45) is 7.79. The maximum atomic E-state index is 13.3. The highest BCUT2D eigenvalue weighted by Crippen LogP contribution is 2.36. The van der Waals surface area contributed by atoms with Crippen molar-refractivity contribution in [3.8, 4) is 17.0 Å². The molecule has 6 nitrogen and oxygen atoms in total. The lowest BCUT2D eigenvalue weighted by Gasteiger charge is -2.16. The van der Waals surface area contributed by atoms with E-state index in [1.165, 1.54) is 12.4 Å². The van der Waals surface area contributed by atoms with Crippen LogP contribution in [0.3, 0.4) is 0 Å². The monoisotopic (exact) mass is 397 g/mol. The van der Waals surface area contributed by atoms with Crippen LogP contribution in [0.1, 0.15) is 15.9 Å². The molecule has 2 aromatic carbocycles. The van der Waals surface area contributed by atoms with Crippen LogP contribution in [-0.2, 0) is 0 Å². The minimum atomic E-state index is -0.260. The van der Waals surface area contributed by atoms with Crippen molar-refractivity contribution in [1.82, 2.24) is 15.0 Å². The fourth-order valence-electron chi connectivity index (χ4n) is 3.22. The number of aliphatic hydroxyl groups is 1. The zero-order chi connectivity index (χ0) is 20.8. The molecular formula is C24H19N3O3. The Balaban J connectivity index is 1.93. The van der Waals surface area contributed by atoms with Gasteiger partial charge in [-0.2, -0.15) is 0 Å². The van der Waals surface area contributed by atoms with Crippen molar-refractivity contribution in [3.63, 3.8) is 0 Å². The molecule has 0 aliphatic carbocycles.